The Kier molecular flexibility index (Phi) is 3.96. The maximum absolute atomic E-state index is 14.6. The van der Waals surface area contributed by atoms with Gasteiger partial charge in [-0.15, -0.1) is 11.3 Å². The van der Waals surface area contributed by atoms with Crippen LogP contribution in [0.5, 0.6) is 0 Å². The van der Waals surface area contributed by atoms with Gasteiger partial charge in [0.25, 0.3) is 0 Å². The molecular formula is C20H13F3OS. The molecule has 0 amide bonds. The highest BCUT2D eigenvalue weighted by atomic mass is 32.1. The predicted octanol–water partition coefficient (Wildman–Crippen LogP) is 6.19. The van der Waals surface area contributed by atoms with Crippen molar-refractivity contribution in [2.24, 2.45) is 0 Å². The van der Waals surface area contributed by atoms with Crippen molar-refractivity contribution in [1.29, 1.82) is 0 Å². The molecule has 4 rings (SSSR count). The molecule has 0 bridgehead atoms. The maximum atomic E-state index is 14.6. The van der Waals surface area contributed by atoms with Crippen LogP contribution < -0.4 is 0 Å². The molecule has 25 heavy (non-hydrogen) atoms. The highest BCUT2D eigenvalue weighted by molar-refractivity contribution is 7.15. The van der Waals surface area contributed by atoms with E-state index in [1.54, 1.807) is 23.5 Å². The third-order valence-corrected chi connectivity index (χ3v) is 5.67. The van der Waals surface area contributed by atoms with Crippen molar-refractivity contribution in [3.05, 3.63) is 70.4 Å². The van der Waals surface area contributed by atoms with Crippen molar-refractivity contribution in [2.45, 2.75) is 18.8 Å². The number of hydrogen-bond acceptors (Lipinski definition) is 2. The van der Waals surface area contributed by atoms with E-state index in [1.807, 2.05) is 12.1 Å². The third-order valence-electron chi connectivity index (χ3n) is 4.39. The number of benzene rings is 2. The Morgan fingerprint density at radius 2 is 1.68 bits per heavy atom. The van der Waals surface area contributed by atoms with Crippen molar-refractivity contribution in [2.75, 3.05) is 0 Å². The molecule has 1 fully saturated rings. The summed E-state index contributed by atoms with van der Waals surface area (Å²) in [6, 6.07) is 10.7. The molecule has 5 heteroatoms. The summed E-state index contributed by atoms with van der Waals surface area (Å²) in [6.07, 6.45) is 2.62. The molecule has 0 spiro atoms. The fourth-order valence-electron chi connectivity index (χ4n) is 2.85. The van der Waals surface area contributed by atoms with E-state index in [-0.39, 0.29) is 23.0 Å². The average molecular weight is 358 g/mol. The highest BCUT2D eigenvalue weighted by Gasteiger charge is 2.25. The Hall–Kier alpha value is -2.40. The zero-order chi connectivity index (χ0) is 17.6. The molecule has 3 aromatic rings. The molecule has 1 aliphatic carbocycles. The van der Waals surface area contributed by atoms with Crippen molar-refractivity contribution < 1.29 is 18.0 Å². The lowest BCUT2D eigenvalue weighted by molar-refractivity contribution is 0.111. The van der Waals surface area contributed by atoms with Gasteiger partial charge in [0.15, 0.2) is 17.9 Å². The second-order valence-electron chi connectivity index (χ2n) is 6.12. The Bertz CT molecular complexity index is 973. The van der Waals surface area contributed by atoms with Crippen molar-refractivity contribution in [3.63, 3.8) is 0 Å². The summed E-state index contributed by atoms with van der Waals surface area (Å²) in [7, 11) is 0. The number of rotatable bonds is 4. The van der Waals surface area contributed by atoms with E-state index < -0.39 is 17.5 Å². The summed E-state index contributed by atoms with van der Waals surface area (Å²) in [6.45, 7) is 0. The van der Waals surface area contributed by atoms with Gasteiger partial charge in [-0.25, -0.2) is 13.2 Å². The lowest BCUT2D eigenvalue weighted by Gasteiger charge is -2.08. The molecule has 1 heterocycles. The van der Waals surface area contributed by atoms with E-state index in [2.05, 4.69) is 0 Å². The van der Waals surface area contributed by atoms with Crippen LogP contribution >= 0.6 is 11.3 Å². The van der Waals surface area contributed by atoms with Crippen LogP contribution in [0, 0.1) is 17.5 Å². The van der Waals surface area contributed by atoms with Crippen molar-refractivity contribution in [3.8, 4) is 21.6 Å². The maximum Gasteiger partial charge on any atom is 0.169 e. The van der Waals surface area contributed by atoms with Gasteiger partial charge in [0.2, 0.25) is 0 Å². The minimum Gasteiger partial charge on any atom is -0.298 e. The molecule has 2 aromatic carbocycles. The lowest BCUT2D eigenvalue weighted by atomic mass is 10.0. The molecule has 126 valence electrons. The van der Waals surface area contributed by atoms with Gasteiger partial charge in [0.05, 0.1) is 5.56 Å². The number of carbonyl (C=O) groups excluding carboxylic acids is 1. The number of carbonyl (C=O) groups is 1. The van der Waals surface area contributed by atoms with Crippen LogP contribution in [0.25, 0.3) is 21.6 Å². The van der Waals surface area contributed by atoms with Crippen molar-refractivity contribution >= 4 is 17.6 Å². The van der Waals surface area contributed by atoms with Gasteiger partial charge in [-0.2, -0.15) is 0 Å². The number of halogens is 3. The first-order valence-electron chi connectivity index (χ1n) is 7.91. The fourth-order valence-corrected chi connectivity index (χ4v) is 4.05. The van der Waals surface area contributed by atoms with Crippen LogP contribution in [0.2, 0.25) is 0 Å². The quantitative estimate of drug-likeness (QED) is 0.508. The summed E-state index contributed by atoms with van der Waals surface area (Å²) in [4.78, 5) is 12.8. The smallest absolute Gasteiger partial charge is 0.169 e. The molecule has 1 aromatic heterocycles. The van der Waals surface area contributed by atoms with Gasteiger partial charge in [0, 0.05) is 20.9 Å². The monoisotopic (exact) mass is 358 g/mol. The molecule has 1 aliphatic rings. The largest absolute Gasteiger partial charge is 0.298 e. The second kappa shape index (κ2) is 6.15. The van der Waals surface area contributed by atoms with Crippen molar-refractivity contribution in [1.82, 2.24) is 0 Å². The van der Waals surface area contributed by atoms with Crippen LogP contribution in [-0.4, -0.2) is 6.29 Å². The van der Waals surface area contributed by atoms with E-state index in [1.165, 1.54) is 35.9 Å². The zero-order valence-electron chi connectivity index (χ0n) is 13.1. The van der Waals surface area contributed by atoms with Gasteiger partial charge < -0.3 is 0 Å². The minimum absolute atomic E-state index is 0.0709. The van der Waals surface area contributed by atoms with Crippen LogP contribution in [0.3, 0.4) is 0 Å². The van der Waals surface area contributed by atoms with Gasteiger partial charge in [-0.05, 0) is 54.7 Å². The van der Waals surface area contributed by atoms with Crippen LogP contribution in [0.4, 0.5) is 13.2 Å². The number of aldehydes is 1. The van der Waals surface area contributed by atoms with E-state index >= 15 is 0 Å². The van der Waals surface area contributed by atoms with Gasteiger partial charge in [-0.3, -0.25) is 4.79 Å². The SMILES string of the molecule is O=Cc1ccc(-c2ccc(-c3ccc(C4CC4)s3)c(F)c2)c(F)c1F. The molecule has 1 saturated carbocycles. The standard InChI is InChI=1S/C20H13F3OS/c21-16-9-12(14-5-4-13(10-24)19(22)20(14)23)3-6-15(16)18-8-7-17(25-18)11-1-2-11/h3-11H,1-2H2. The molecule has 0 atom stereocenters. The summed E-state index contributed by atoms with van der Waals surface area (Å²) in [5.41, 5.74) is 0.253. The fraction of sp³-hybridized carbons (Fsp3) is 0.150. The molecule has 0 N–H and O–H groups in total. The first-order valence-corrected chi connectivity index (χ1v) is 8.73. The average Bonchev–Trinajstić information content (AvgIpc) is 3.35. The minimum atomic E-state index is -1.22. The number of hydrogen-bond donors (Lipinski definition) is 0. The molecular weight excluding hydrogens is 345 g/mol. The first-order chi connectivity index (χ1) is 12.1. The predicted molar refractivity (Wildman–Crippen MR) is 92.4 cm³/mol. The first kappa shape index (κ1) is 16.1. The second-order valence-corrected chi connectivity index (χ2v) is 7.23. The summed E-state index contributed by atoms with van der Waals surface area (Å²) in [5.74, 6) is -2.25. The van der Waals surface area contributed by atoms with Gasteiger partial charge in [0.1, 0.15) is 5.82 Å². The summed E-state index contributed by atoms with van der Waals surface area (Å²) in [5, 5.41) is 0. The van der Waals surface area contributed by atoms with Crippen LogP contribution in [0.15, 0.2) is 42.5 Å². The highest BCUT2D eigenvalue weighted by Crippen LogP contribution is 2.45. The Balaban J connectivity index is 1.72. The van der Waals surface area contributed by atoms with Gasteiger partial charge in [-0.1, -0.05) is 12.1 Å². The molecule has 1 nitrogen and oxygen atoms in total. The van der Waals surface area contributed by atoms with Gasteiger partial charge >= 0.3 is 0 Å². The Labute approximate surface area is 146 Å². The van der Waals surface area contributed by atoms with E-state index in [0.29, 0.717) is 11.5 Å². The third kappa shape index (κ3) is 2.89. The summed E-state index contributed by atoms with van der Waals surface area (Å²) >= 11 is 1.57. The molecule has 0 saturated heterocycles. The Morgan fingerprint density at radius 1 is 0.920 bits per heavy atom. The normalized spacial score (nSPS) is 13.9. The van der Waals surface area contributed by atoms with Crippen LogP contribution in [0.1, 0.15) is 34.0 Å². The summed E-state index contributed by atoms with van der Waals surface area (Å²) < 4.78 is 42.5. The van der Waals surface area contributed by atoms with Crippen LogP contribution in [-0.2, 0) is 0 Å². The molecule has 0 aliphatic heterocycles. The zero-order valence-corrected chi connectivity index (χ0v) is 13.9. The lowest BCUT2D eigenvalue weighted by Crippen LogP contribution is -1.96. The molecule has 0 unspecified atom stereocenters. The van der Waals surface area contributed by atoms with E-state index in [9.17, 15) is 18.0 Å². The van der Waals surface area contributed by atoms with E-state index in [0.717, 1.165) is 4.88 Å². The Morgan fingerprint density at radius 3 is 2.36 bits per heavy atom. The number of thiophene rings is 1. The van der Waals surface area contributed by atoms with E-state index in [4.69, 9.17) is 0 Å². The molecule has 0 radical (unpaired) electrons. The topological polar surface area (TPSA) is 17.1 Å².